The van der Waals surface area contributed by atoms with Crippen molar-refractivity contribution >= 4 is 10.0 Å². The van der Waals surface area contributed by atoms with E-state index >= 15 is 0 Å². The lowest BCUT2D eigenvalue weighted by molar-refractivity contribution is 0.166. The number of aliphatic hydroxyl groups is 1. The Bertz CT molecular complexity index is 902. The summed E-state index contributed by atoms with van der Waals surface area (Å²) in [6, 6.07) is 8.25. The number of hydrogen-bond donors (Lipinski definition) is 2. The normalized spacial score (nSPS) is 14.3. The highest BCUT2D eigenvalue weighted by molar-refractivity contribution is 7.89. The number of nitrogens with one attached hydrogen (secondary N) is 1. The van der Waals surface area contributed by atoms with Gasteiger partial charge in [-0.05, 0) is 42.3 Å². The Balaban J connectivity index is 1.64. The predicted molar refractivity (Wildman–Crippen MR) is 90.3 cm³/mol. The third kappa shape index (κ3) is 3.90. The van der Waals surface area contributed by atoms with Crippen molar-refractivity contribution in [3.05, 3.63) is 47.8 Å². The van der Waals surface area contributed by atoms with Crippen LogP contribution >= 0.6 is 0 Å². The van der Waals surface area contributed by atoms with Crippen LogP contribution in [0.25, 0.3) is 0 Å². The first-order chi connectivity index (χ1) is 12.4. The Kier molecular flexibility index (Phi) is 5.30. The fraction of sp³-hybridized carbons (Fsp3) is 0.294. The van der Waals surface area contributed by atoms with E-state index < -0.39 is 21.9 Å². The van der Waals surface area contributed by atoms with Crippen LogP contribution < -0.4 is 18.9 Å². The Morgan fingerprint density at radius 1 is 1.23 bits per heavy atom. The van der Waals surface area contributed by atoms with E-state index in [4.69, 9.17) is 14.2 Å². The number of halogens is 1. The van der Waals surface area contributed by atoms with Crippen molar-refractivity contribution < 1.29 is 32.1 Å². The van der Waals surface area contributed by atoms with Crippen molar-refractivity contribution in [3.8, 4) is 17.2 Å². The number of fused-ring (bicyclic) bond motifs is 1. The zero-order valence-corrected chi connectivity index (χ0v) is 14.8. The van der Waals surface area contributed by atoms with Gasteiger partial charge in [0.05, 0.1) is 13.2 Å². The third-order valence-corrected chi connectivity index (χ3v) is 5.39. The van der Waals surface area contributed by atoms with Crippen molar-refractivity contribution in [2.75, 3.05) is 20.4 Å². The molecule has 3 rings (SSSR count). The molecule has 0 aliphatic carbocycles. The fourth-order valence-electron chi connectivity index (χ4n) is 2.56. The highest BCUT2D eigenvalue weighted by atomic mass is 32.2. The van der Waals surface area contributed by atoms with Crippen molar-refractivity contribution in [1.29, 1.82) is 0 Å². The minimum atomic E-state index is -3.98. The van der Waals surface area contributed by atoms with Crippen LogP contribution in [0.3, 0.4) is 0 Å². The molecule has 1 heterocycles. The van der Waals surface area contributed by atoms with Gasteiger partial charge in [0.25, 0.3) is 0 Å². The molecule has 2 N–H and O–H groups in total. The molecule has 1 atom stereocenters. The van der Waals surface area contributed by atoms with Gasteiger partial charge in [-0.15, -0.1) is 0 Å². The molecular formula is C17H18FNO6S. The van der Waals surface area contributed by atoms with Crippen LogP contribution in [0.1, 0.15) is 18.1 Å². The average Bonchev–Trinajstić information content (AvgIpc) is 3.09. The molecular weight excluding hydrogens is 365 g/mol. The second kappa shape index (κ2) is 7.48. The minimum Gasteiger partial charge on any atom is -0.495 e. The van der Waals surface area contributed by atoms with E-state index in [0.29, 0.717) is 17.1 Å². The fourth-order valence-corrected chi connectivity index (χ4v) is 3.78. The van der Waals surface area contributed by atoms with Crippen LogP contribution in [-0.2, 0) is 10.0 Å². The summed E-state index contributed by atoms with van der Waals surface area (Å²) in [4.78, 5) is -0.294. The smallest absolute Gasteiger partial charge is 0.244 e. The monoisotopic (exact) mass is 383 g/mol. The van der Waals surface area contributed by atoms with E-state index in [2.05, 4.69) is 4.72 Å². The van der Waals surface area contributed by atoms with Crippen LogP contribution in [0.5, 0.6) is 17.2 Å². The van der Waals surface area contributed by atoms with E-state index in [1.54, 1.807) is 18.2 Å². The molecule has 2 aromatic rings. The SMILES string of the molecule is COc1ccc(F)cc1S(=O)(=O)NCC[C@@H](O)c1ccc2c(c1)OCO2. The Hall–Kier alpha value is -2.36. The first-order valence-electron chi connectivity index (χ1n) is 7.81. The van der Waals surface area contributed by atoms with Crippen LogP contribution in [-0.4, -0.2) is 34.0 Å². The average molecular weight is 383 g/mol. The van der Waals surface area contributed by atoms with Crippen LogP contribution in [0, 0.1) is 5.82 Å². The van der Waals surface area contributed by atoms with E-state index in [1.807, 2.05) is 0 Å². The number of ether oxygens (including phenoxy) is 3. The quantitative estimate of drug-likeness (QED) is 0.759. The standard InChI is InChI=1S/C17H18FNO6S/c1-23-15-5-3-12(18)9-17(15)26(21,22)19-7-6-13(20)11-2-4-14-16(8-11)25-10-24-14/h2-5,8-9,13,19-20H,6-7,10H2,1H3/t13-/m1/s1. The Morgan fingerprint density at radius 3 is 2.77 bits per heavy atom. The third-order valence-electron chi connectivity index (χ3n) is 3.91. The second-order valence-corrected chi connectivity index (χ2v) is 7.35. The number of rotatable bonds is 7. The number of hydrogen-bond acceptors (Lipinski definition) is 6. The van der Waals surface area contributed by atoms with Crippen molar-refractivity contribution in [2.24, 2.45) is 0 Å². The molecule has 0 radical (unpaired) electrons. The Morgan fingerprint density at radius 2 is 2.00 bits per heavy atom. The highest BCUT2D eigenvalue weighted by Gasteiger charge is 2.21. The molecule has 0 saturated carbocycles. The zero-order chi connectivity index (χ0) is 18.7. The van der Waals surface area contributed by atoms with Gasteiger partial charge in [0, 0.05) is 6.54 Å². The number of aliphatic hydroxyl groups excluding tert-OH is 1. The van der Waals surface area contributed by atoms with Crippen molar-refractivity contribution in [3.63, 3.8) is 0 Å². The summed E-state index contributed by atoms with van der Waals surface area (Å²) < 4.78 is 55.9. The minimum absolute atomic E-state index is 0.0372. The lowest BCUT2D eigenvalue weighted by Crippen LogP contribution is -2.26. The van der Waals surface area contributed by atoms with Crippen LogP contribution in [0.4, 0.5) is 4.39 Å². The van der Waals surface area contributed by atoms with Gasteiger partial charge in [-0.2, -0.15) is 0 Å². The maximum atomic E-state index is 13.4. The van der Waals surface area contributed by atoms with Gasteiger partial charge in [-0.1, -0.05) is 6.07 Å². The number of sulfonamides is 1. The van der Waals surface area contributed by atoms with E-state index in [9.17, 15) is 17.9 Å². The van der Waals surface area contributed by atoms with Gasteiger partial charge < -0.3 is 19.3 Å². The summed E-state index contributed by atoms with van der Waals surface area (Å²) >= 11 is 0. The molecule has 0 amide bonds. The molecule has 9 heteroatoms. The lowest BCUT2D eigenvalue weighted by atomic mass is 10.1. The summed E-state index contributed by atoms with van der Waals surface area (Å²) in [6.07, 6.45) is -0.780. The molecule has 0 bridgehead atoms. The summed E-state index contributed by atoms with van der Waals surface area (Å²) in [5.41, 5.74) is 0.580. The van der Waals surface area contributed by atoms with Crippen LogP contribution in [0.2, 0.25) is 0 Å². The number of benzene rings is 2. The second-order valence-electron chi connectivity index (χ2n) is 5.61. The van der Waals surface area contributed by atoms with Crippen molar-refractivity contribution in [1.82, 2.24) is 4.72 Å². The van der Waals surface area contributed by atoms with Gasteiger partial charge in [0.2, 0.25) is 16.8 Å². The van der Waals surface area contributed by atoms with E-state index in [-0.39, 0.29) is 30.4 Å². The highest BCUT2D eigenvalue weighted by Crippen LogP contribution is 2.34. The predicted octanol–water partition coefficient (Wildman–Crippen LogP) is 1.96. The lowest BCUT2D eigenvalue weighted by Gasteiger charge is -2.14. The topological polar surface area (TPSA) is 94.1 Å². The molecule has 1 aliphatic rings. The van der Waals surface area contributed by atoms with Crippen molar-refractivity contribution in [2.45, 2.75) is 17.4 Å². The first-order valence-corrected chi connectivity index (χ1v) is 9.30. The maximum absolute atomic E-state index is 13.4. The van der Waals surface area contributed by atoms with Crippen LogP contribution in [0.15, 0.2) is 41.3 Å². The Labute approximate surface area is 150 Å². The van der Waals surface area contributed by atoms with Gasteiger partial charge in [0.1, 0.15) is 16.5 Å². The molecule has 0 aromatic heterocycles. The molecule has 140 valence electrons. The molecule has 0 unspecified atom stereocenters. The molecule has 0 fully saturated rings. The molecule has 2 aromatic carbocycles. The van der Waals surface area contributed by atoms with Gasteiger partial charge in [-0.3, -0.25) is 0 Å². The number of methoxy groups -OCH3 is 1. The molecule has 0 spiro atoms. The molecule has 26 heavy (non-hydrogen) atoms. The summed E-state index contributed by atoms with van der Waals surface area (Å²) in [5.74, 6) is 0.480. The van der Waals surface area contributed by atoms with Gasteiger partial charge in [-0.25, -0.2) is 17.5 Å². The maximum Gasteiger partial charge on any atom is 0.244 e. The van der Waals surface area contributed by atoms with Gasteiger partial charge >= 0.3 is 0 Å². The molecule has 1 aliphatic heterocycles. The summed E-state index contributed by atoms with van der Waals surface area (Å²) in [7, 11) is -2.68. The molecule has 0 saturated heterocycles. The summed E-state index contributed by atoms with van der Waals surface area (Å²) in [6.45, 7) is 0.0851. The zero-order valence-electron chi connectivity index (χ0n) is 13.9. The first kappa shape index (κ1) is 18.4. The van der Waals surface area contributed by atoms with E-state index in [0.717, 1.165) is 12.1 Å². The van der Waals surface area contributed by atoms with Gasteiger partial charge in [0.15, 0.2) is 11.5 Å². The summed E-state index contributed by atoms with van der Waals surface area (Å²) in [5, 5.41) is 10.2. The molecule has 7 nitrogen and oxygen atoms in total. The van der Waals surface area contributed by atoms with E-state index in [1.165, 1.54) is 13.2 Å². The largest absolute Gasteiger partial charge is 0.495 e.